The van der Waals surface area contributed by atoms with Crippen molar-refractivity contribution in [2.45, 2.75) is 5.54 Å². The molecular weight excluding hydrogens is 230 g/mol. The number of rotatable bonds is 4. The highest BCUT2D eigenvalue weighted by Crippen LogP contribution is 2.22. The third-order valence-corrected chi connectivity index (χ3v) is 2.64. The molecule has 1 aliphatic rings. The van der Waals surface area contributed by atoms with Crippen LogP contribution in [0.25, 0.3) is 0 Å². The van der Waals surface area contributed by atoms with Crippen molar-refractivity contribution >= 4 is 11.6 Å². The van der Waals surface area contributed by atoms with Gasteiger partial charge in [0.15, 0.2) is 0 Å². The number of hydrogen-bond acceptors (Lipinski definition) is 6. The Bertz CT molecular complexity index is 271. The lowest BCUT2D eigenvalue weighted by Crippen LogP contribution is -2.61. The predicted octanol–water partition coefficient (Wildman–Crippen LogP) is 0.179. The molecule has 0 amide bonds. The summed E-state index contributed by atoms with van der Waals surface area (Å²) in [5.74, 6) is -0.321. The predicted molar refractivity (Wildman–Crippen MR) is 50.3 cm³/mol. The second-order valence-electron chi connectivity index (χ2n) is 3.25. The highest BCUT2D eigenvalue weighted by molar-refractivity contribution is 6.18. The molecule has 0 aromatic heterocycles. The topological polar surface area (TPSA) is 108 Å². The molecule has 0 atom stereocenters. The monoisotopic (exact) mass is 237 g/mol. The summed E-state index contributed by atoms with van der Waals surface area (Å²) in [5.41, 5.74) is -1.58. The normalized spacial score (nSPS) is 19.8. The Morgan fingerprint density at radius 3 is 2.07 bits per heavy atom. The van der Waals surface area contributed by atoms with Gasteiger partial charge in [0.2, 0.25) is 0 Å². The van der Waals surface area contributed by atoms with Crippen LogP contribution in [-0.2, 0) is 0 Å². The fourth-order valence-corrected chi connectivity index (χ4v) is 1.64. The highest BCUT2D eigenvalue weighted by Gasteiger charge is 2.50. The average Bonchev–Trinajstić information content (AvgIpc) is 2.27. The first-order valence-corrected chi connectivity index (χ1v) is 4.48. The van der Waals surface area contributed by atoms with Crippen LogP contribution in [0.15, 0.2) is 10.6 Å². The van der Waals surface area contributed by atoms with Crippen molar-refractivity contribution in [3.8, 4) is 0 Å². The zero-order valence-corrected chi connectivity index (χ0v) is 8.33. The van der Waals surface area contributed by atoms with Crippen molar-refractivity contribution in [1.82, 2.24) is 10.0 Å². The maximum Gasteiger partial charge on any atom is 0.273 e. The molecule has 15 heavy (non-hydrogen) atoms. The molecule has 1 saturated heterocycles. The molecule has 1 fully saturated rings. The van der Waals surface area contributed by atoms with Gasteiger partial charge in [-0.3, -0.25) is 10.1 Å². The Morgan fingerprint density at radius 1 is 1.33 bits per heavy atom. The summed E-state index contributed by atoms with van der Waals surface area (Å²) in [4.78, 5) is 30.8. The number of nitrogens with zero attached hydrogens (tertiary/aromatic N) is 5. The lowest BCUT2D eigenvalue weighted by Gasteiger charge is -2.35. The number of nitro groups is 1. The van der Waals surface area contributed by atoms with E-state index in [9.17, 15) is 19.9 Å². The van der Waals surface area contributed by atoms with Crippen LogP contribution in [0.4, 0.5) is 0 Å². The summed E-state index contributed by atoms with van der Waals surface area (Å²) in [5, 5.41) is 17.6. The lowest BCUT2D eigenvalue weighted by molar-refractivity contribution is -0.569. The molecule has 0 aromatic carbocycles. The summed E-state index contributed by atoms with van der Waals surface area (Å²) >= 11 is 5.49. The van der Waals surface area contributed by atoms with E-state index in [2.05, 4.69) is 10.6 Å². The van der Waals surface area contributed by atoms with Gasteiger partial charge in [-0.25, -0.2) is 10.0 Å². The van der Waals surface area contributed by atoms with Crippen LogP contribution in [0, 0.1) is 19.9 Å². The van der Waals surface area contributed by atoms with Crippen molar-refractivity contribution in [1.29, 1.82) is 0 Å². The molecule has 0 aliphatic carbocycles. The molecule has 84 valence electrons. The summed E-state index contributed by atoms with van der Waals surface area (Å²) in [6.45, 7) is -0.600. The van der Waals surface area contributed by atoms with Crippen molar-refractivity contribution in [2.24, 2.45) is 10.6 Å². The van der Waals surface area contributed by atoms with E-state index in [-0.39, 0.29) is 25.6 Å². The Balaban J connectivity index is 2.92. The minimum Gasteiger partial charge on any atom is -0.264 e. The first kappa shape index (κ1) is 11.6. The summed E-state index contributed by atoms with van der Waals surface area (Å²) < 4.78 is 0. The second-order valence-corrected chi connectivity index (χ2v) is 3.52. The van der Waals surface area contributed by atoms with E-state index < -0.39 is 10.5 Å². The fourth-order valence-electron chi connectivity index (χ4n) is 1.38. The molecule has 10 heteroatoms. The highest BCUT2D eigenvalue weighted by atomic mass is 35.5. The van der Waals surface area contributed by atoms with Crippen LogP contribution in [0.5, 0.6) is 0 Å². The Morgan fingerprint density at radius 2 is 1.80 bits per heavy atom. The molecule has 9 nitrogen and oxygen atoms in total. The van der Waals surface area contributed by atoms with Gasteiger partial charge in [0.25, 0.3) is 5.54 Å². The molecule has 1 heterocycles. The van der Waals surface area contributed by atoms with Crippen LogP contribution in [0.2, 0.25) is 0 Å². The lowest BCUT2D eigenvalue weighted by atomic mass is 10.0. The van der Waals surface area contributed by atoms with Gasteiger partial charge in [-0.15, -0.1) is 21.4 Å². The van der Waals surface area contributed by atoms with Crippen LogP contribution in [0.3, 0.4) is 0 Å². The molecule has 0 radical (unpaired) electrons. The molecule has 1 aliphatic heterocycles. The smallest absolute Gasteiger partial charge is 0.264 e. The van der Waals surface area contributed by atoms with Crippen LogP contribution in [0.1, 0.15) is 0 Å². The van der Waals surface area contributed by atoms with Gasteiger partial charge >= 0.3 is 0 Å². The van der Waals surface area contributed by atoms with Crippen molar-refractivity contribution < 1.29 is 4.92 Å². The Hall–Kier alpha value is -1.51. The largest absolute Gasteiger partial charge is 0.273 e. The molecule has 0 N–H and O–H groups in total. The van der Waals surface area contributed by atoms with Crippen molar-refractivity contribution in [3.05, 3.63) is 19.9 Å². The van der Waals surface area contributed by atoms with E-state index in [4.69, 9.17) is 11.6 Å². The number of halogens is 1. The van der Waals surface area contributed by atoms with E-state index in [0.717, 1.165) is 10.0 Å². The van der Waals surface area contributed by atoms with E-state index >= 15 is 0 Å². The van der Waals surface area contributed by atoms with Gasteiger partial charge in [-0.2, -0.15) is 0 Å². The summed E-state index contributed by atoms with van der Waals surface area (Å²) in [7, 11) is 0. The summed E-state index contributed by atoms with van der Waals surface area (Å²) in [6, 6.07) is 0. The van der Waals surface area contributed by atoms with Gasteiger partial charge in [0.05, 0.1) is 16.5 Å². The van der Waals surface area contributed by atoms with E-state index in [1.54, 1.807) is 0 Å². The standard InChI is InChI=1S/C5H8ClN5O4/c6-1-5(11(14)15)2-9(7-12)4-10(3-5)8-13/h1-4H2. The van der Waals surface area contributed by atoms with E-state index in [1.807, 2.05) is 0 Å². The fraction of sp³-hybridized carbons (Fsp3) is 1.00. The minimum atomic E-state index is -1.58. The molecule has 0 saturated carbocycles. The first-order chi connectivity index (χ1) is 7.07. The molecule has 0 bridgehead atoms. The van der Waals surface area contributed by atoms with Crippen LogP contribution >= 0.6 is 11.6 Å². The molecule has 0 aromatic rings. The number of alkyl halides is 1. The average molecular weight is 238 g/mol. The SMILES string of the molecule is O=NN1CN(N=O)CC(CCl)([N+](=O)[O-])C1. The first-order valence-electron chi connectivity index (χ1n) is 3.95. The van der Waals surface area contributed by atoms with Crippen LogP contribution in [-0.4, -0.2) is 46.1 Å². The van der Waals surface area contributed by atoms with Gasteiger partial charge in [0.1, 0.15) is 19.8 Å². The Labute approximate surface area is 89.0 Å². The molecule has 0 unspecified atom stereocenters. The number of nitroso groups, excluding NO2 is 2. The number of hydrogen-bond donors (Lipinski definition) is 0. The van der Waals surface area contributed by atoms with Gasteiger partial charge in [0, 0.05) is 4.92 Å². The molecule has 1 rings (SSSR count). The van der Waals surface area contributed by atoms with Gasteiger partial charge in [-0.05, 0) is 0 Å². The maximum absolute atomic E-state index is 10.8. The van der Waals surface area contributed by atoms with Gasteiger partial charge < -0.3 is 0 Å². The van der Waals surface area contributed by atoms with E-state index in [1.165, 1.54) is 0 Å². The third kappa shape index (κ3) is 2.12. The van der Waals surface area contributed by atoms with Crippen molar-refractivity contribution in [3.63, 3.8) is 0 Å². The molecule has 0 spiro atoms. The third-order valence-electron chi connectivity index (χ3n) is 2.15. The zero-order valence-electron chi connectivity index (χ0n) is 7.58. The maximum atomic E-state index is 10.8. The quantitative estimate of drug-likeness (QED) is 0.299. The van der Waals surface area contributed by atoms with Crippen molar-refractivity contribution in [2.75, 3.05) is 25.6 Å². The van der Waals surface area contributed by atoms with E-state index in [0.29, 0.717) is 0 Å². The molecular formula is C5H8ClN5O4. The van der Waals surface area contributed by atoms with Crippen LogP contribution < -0.4 is 0 Å². The van der Waals surface area contributed by atoms with Gasteiger partial charge in [-0.1, -0.05) is 0 Å². The Kier molecular flexibility index (Phi) is 3.35. The minimum absolute atomic E-state index is 0.153. The summed E-state index contributed by atoms with van der Waals surface area (Å²) in [6.07, 6.45) is 0. The second kappa shape index (κ2) is 4.34. The zero-order chi connectivity index (χ0) is 11.5.